The first-order valence-corrected chi connectivity index (χ1v) is 4.81. The fourth-order valence-corrected chi connectivity index (χ4v) is 1.71. The van der Waals surface area contributed by atoms with Gasteiger partial charge in [0.2, 0.25) is 0 Å². The summed E-state index contributed by atoms with van der Waals surface area (Å²) in [7, 11) is 0. The van der Waals surface area contributed by atoms with Crippen molar-refractivity contribution < 1.29 is 9.90 Å². The lowest BCUT2D eigenvalue weighted by Crippen LogP contribution is -2.25. The lowest BCUT2D eigenvalue weighted by atomic mass is 10.2. The molecule has 78 valence electrons. The summed E-state index contributed by atoms with van der Waals surface area (Å²) in [5, 5.41) is 11.4. The van der Waals surface area contributed by atoms with Gasteiger partial charge in [-0.2, -0.15) is 4.52 Å². The average Bonchev–Trinajstić information content (AvgIpc) is 2.47. The molecule has 0 aromatic carbocycles. The Morgan fingerprint density at radius 2 is 2.33 bits per heavy atom. The summed E-state index contributed by atoms with van der Waals surface area (Å²) < 4.78 is 1.69. The van der Waals surface area contributed by atoms with E-state index in [-0.39, 0.29) is 11.3 Å². The molecule has 6 nitrogen and oxygen atoms in total. The molecule has 2 rings (SSSR count). The first-order chi connectivity index (χ1) is 7.02. The van der Waals surface area contributed by atoms with Gasteiger partial charge in [-0.1, -0.05) is 0 Å². The van der Waals surface area contributed by atoms with Crippen molar-refractivity contribution in [1.82, 2.24) is 14.6 Å². The van der Waals surface area contributed by atoms with Crippen LogP contribution in [0.2, 0.25) is 0 Å². The van der Waals surface area contributed by atoms with E-state index in [4.69, 9.17) is 5.11 Å². The van der Waals surface area contributed by atoms with Crippen LogP contribution in [-0.2, 0) is 0 Å². The summed E-state index contributed by atoms with van der Waals surface area (Å²) in [5.41, 5.74) is -0.354. The standard InChI is InChI=1S/C8H6BrN3O3/c1-3-5(8(14)15)7(13)12-6(11-3)4(9)2-10-12/h2,10H,1H3,(H,14,15). The quantitative estimate of drug-likeness (QED) is 0.803. The molecule has 0 fully saturated rings. The number of carboxylic acids is 1. The molecule has 0 radical (unpaired) electrons. The number of hydrogen-bond donors (Lipinski definition) is 2. The third-order valence-corrected chi connectivity index (χ3v) is 2.60. The minimum atomic E-state index is -1.27. The smallest absolute Gasteiger partial charge is 0.343 e. The zero-order valence-corrected chi connectivity index (χ0v) is 9.20. The molecule has 15 heavy (non-hydrogen) atoms. The highest BCUT2D eigenvalue weighted by atomic mass is 79.9. The van der Waals surface area contributed by atoms with Crippen LogP contribution < -0.4 is 5.56 Å². The van der Waals surface area contributed by atoms with Gasteiger partial charge >= 0.3 is 5.97 Å². The third-order valence-electron chi connectivity index (χ3n) is 2.01. The first-order valence-electron chi connectivity index (χ1n) is 4.02. The van der Waals surface area contributed by atoms with Gasteiger partial charge < -0.3 is 5.11 Å². The number of aromatic amines is 1. The molecule has 0 aliphatic rings. The van der Waals surface area contributed by atoms with Crippen molar-refractivity contribution in [2.24, 2.45) is 0 Å². The second-order valence-electron chi connectivity index (χ2n) is 2.96. The molecule has 0 atom stereocenters. The van der Waals surface area contributed by atoms with Gasteiger partial charge in [0.15, 0.2) is 5.65 Å². The summed E-state index contributed by atoms with van der Waals surface area (Å²) >= 11 is 3.20. The Labute approximate surface area is 91.7 Å². The Bertz CT molecular complexity index is 613. The Balaban J connectivity index is 2.98. The second kappa shape index (κ2) is 3.20. The molecular weight excluding hydrogens is 266 g/mol. The van der Waals surface area contributed by atoms with Crippen LogP contribution in [0.25, 0.3) is 5.65 Å². The van der Waals surface area contributed by atoms with E-state index < -0.39 is 11.5 Å². The van der Waals surface area contributed by atoms with Crippen LogP contribution in [0.15, 0.2) is 15.5 Å². The number of nitrogens with zero attached hydrogens (tertiary/aromatic N) is 2. The van der Waals surface area contributed by atoms with Crippen LogP contribution in [0.5, 0.6) is 0 Å². The van der Waals surface area contributed by atoms with Crippen molar-refractivity contribution in [3.8, 4) is 0 Å². The highest BCUT2D eigenvalue weighted by Gasteiger charge is 2.17. The zero-order valence-electron chi connectivity index (χ0n) is 7.61. The van der Waals surface area contributed by atoms with Crippen molar-refractivity contribution in [2.45, 2.75) is 6.92 Å². The predicted molar refractivity (Wildman–Crippen MR) is 55.2 cm³/mol. The van der Waals surface area contributed by atoms with Crippen molar-refractivity contribution in [3.05, 3.63) is 32.3 Å². The zero-order chi connectivity index (χ0) is 11.2. The van der Waals surface area contributed by atoms with Crippen molar-refractivity contribution in [2.75, 3.05) is 0 Å². The molecule has 0 amide bonds. The highest BCUT2D eigenvalue weighted by Crippen LogP contribution is 2.14. The molecule has 0 aliphatic heterocycles. The van der Waals surface area contributed by atoms with E-state index >= 15 is 0 Å². The van der Waals surface area contributed by atoms with Crippen molar-refractivity contribution >= 4 is 27.5 Å². The number of aryl methyl sites for hydroxylation is 1. The summed E-state index contributed by atoms with van der Waals surface area (Å²) in [4.78, 5) is 26.5. The van der Waals surface area contributed by atoms with E-state index in [1.807, 2.05) is 0 Å². The van der Waals surface area contributed by atoms with Crippen LogP contribution in [0.3, 0.4) is 0 Å². The molecule has 0 saturated carbocycles. The molecule has 0 bridgehead atoms. The molecule has 2 aromatic heterocycles. The number of aromatic carboxylic acids is 1. The van der Waals surface area contributed by atoms with Crippen LogP contribution in [0.4, 0.5) is 0 Å². The van der Waals surface area contributed by atoms with Crippen molar-refractivity contribution in [3.63, 3.8) is 0 Å². The summed E-state index contributed by atoms with van der Waals surface area (Å²) in [5.74, 6) is -1.27. The minimum absolute atomic E-state index is 0.202. The molecule has 2 heterocycles. The number of fused-ring (bicyclic) bond motifs is 1. The van der Waals surface area contributed by atoms with Gasteiger partial charge in [-0.15, -0.1) is 0 Å². The van der Waals surface area contributed by atoms with Gasteiger partial charge in [0, 0.05) is 6.20 Å². The number of nitrogens with one attached hydrogen (secondary N) is 1. The summed E-state index contributed by atoms with van der Waals surface area (Å²) in [6.45, 7) is 1.49. The van der Waals surface area contributed by atoms with E-state index in [2.05, 4.69) is 26.0 Å². The van der Waals surface area contributed by atoms with Gasteiger partial charge in [-0.05, 0) is 22.9 Å². The van der Waals surface area contributed by atoms with E-state index in [1.165, 1.54) is 13.1 Å². The average molecular weight is 272 g/mol. The monoisotopic (exact) mass is 271 g/mol. The molecule has 0 aliphatic carbocycles. The largest absolute Gasteiger partial charge is 0.477 e. The predicted octanol–water partition coefficient (Wildman–Crippen LogP) is 0.792. The fraction of sp³-hybridized carbons (Fsp3) is 0.125. The van der Waals surface area contributed by atoms with Gasteiger partial charge in [0.1, 0.15) is 5.56 Å². The van der Waals surface area contributed by atoms with Crippen LogP contribution in [0.1, 0.15) is 16.1 Å². The SMILES string of the molecule is Cc1nc2c(Br)c[nH]n2c(=O)c1C(=O)O. The molecule has 0 spiro atoms. The fourth-order valence-electron chi connectivity index (χ4n) is 1.34. The normalized spacial score (nSPS) is 10.8. The number of aromatic nitrogens is 3. The maximum absolute atomic E-state index is 11.7. The highest BCUT2D eigenvalue weighted by molar-refractivity contribution is 9.10. The minimum Gasteiger partial charge on any atom is -0.477 e. The first kappa shape index (κ1) is 9.91. The lowest BCUT2D eigenvalue weighted by Gasteiger charge is -2.00. The second-order valence-corrected chi connectivity index (χ2v) is 3.82. The van der Waals surface area contributed by atoms with E-state index in [0.717, 1.165) is 4.52 Å². The van der Waals surface area contributed by atoms with Crippen LogP contribution in [0, 0.1) is 6.92 Å². The lowest BCUT2D eigenvalue weighted by molar-refractivity contribution is 0.0693. The number of hydrogen-bond acceptors (Lipinski definition) is 3. The number of carboxylic acid groups (broad SMARTS) is 1. The van der Waals surface area contributed by atoms with Crippen LogP contribution >= 0.6 is 15.9 Å². The van der Waals surface area contributed by atoms with E-state index in [9.17, 15) is 9.59 Å². The molecular formula is C8H6BrN3O3. The van der Waals surface area contributed by atoms with Gasteiger partial charge in [-0.25, -0.2) is 9.78 Å². The Morgan fingerprint density at radius 3 is 2.93 bits per heavy atom. The molecule has 2 aromatic rings. The van der Waals surface area contributed by atoms with Gasteiger partial charge in [0.05, 0.1) is 10.2 Å². The summed E-state index contributed by atoms with van der Waals surface area (Å²) in [6, 6.07) is 0. The van der Waals surface area contributed by atoms with E-state index in [1.54, 1.807) is 0 Å². The maximum Gasteiger partial charge on any atom is 0.343 e. The molecule has 2 N–H and O–H groups in total. The van der Waals surface area contributed by atoms with Crippen LogP contribution in [-0.4, -0.2) is 25.7 Å². The van der Waals surface area contributed by atoms with Crippen molar-refractivity contribution in [1.29, 1.82) is 0 Å². The molecule has 0 unspecified atom stereocenters. The van der Waals surface area contributed by atoms with E-state index in [0.29, 0.717) is 10.1 Å². The number of halogens is 1. The molecule has 7 heteroatoms. The summed E-state index contributed by atoms with van der Waals surface area (Å²) in [6.07, 6.45) is 1.52. The topological polar surface area (TPSA) is 87.5 Å². The number of H-pyrrole nitrogens is 1. The van der Waals surface area contributed by atoms with Gasteiger partial charge in [-0.3, -0.25) is 9.89 Å². The number of carbonyl (C=O) groups is 1. The molecule has 0 saturated heterocycles. The third kappa shape index (κ3) is 1.35. The van der Waals surface area contributed by atoms with Gasteiger partial charge in [0.25, 0.3) is 5.56 Å². The Hall–Kier alpha value is -1.63. The number of rotatable bonds is 1. The maximum atomic E-state index is 11.7. The Kier molecular flexibility index (Phi) is 2.11. The Morgan fingerprint density at radius 1 is 1.67 bits per heavy atom.